The molecule has 0 saturated heterocycles. The number of carbonyl (C=O) groups excluding carboxylic acids is 2. The van der Waals surface area contributed by atoms with Gasteiger partial charge in [0.1, 0.15) is 0 Å². The molecule has 0 N–H and O–H groups in total. The average Bonchev–Trinajstić information content (AvgIpc) is 2.07. The molecule has 1 rings (SSSR count). The minimum Gasteiger partial charge on any atom is -0.318 e. The summed E-state index contributed by atoms with van der Waals surface area (Å²) >= 11 is 0. The molecule has 1 amide bonds. The first-order chi connectivity index (χ1) is 6.79. The molecule has 15 heavy (non-hydrogen) atoms. The number of Topliss-reactive ketones (excluding diaryl/α,β-unsaturated/α-hetero) is 1. The molecule has 1 aliphatic rings. The van der Waals surface area contributed by atoms with Gasteiger partial charge in [0, 0.05) is 18.3 Å². The van der Waals surface area contributed by atoms with Crippen molar-refractivity contribution in [3.8, 4) is 0 Å². The number of nitrogens with zero attached hydrogens (tertiary/aromatic N) is 1. The molecule has 3 heteroatoms. The highest BCUT2D eigenvalue weighted by Crippen LogP contribution is 2.21. The molecule has 0 spiro atoms. The van der Waals surface area contributed by atoms with Crippen LogP contribution < -0.4 is 0 Å². The first-order valence-corrected chi connectivity index (χ1v) is 5.31. The summed E-state index contributed by atoms with van der Waals surface area (Å²) in [7, 11) is 0. The van der Waals surface area contributed by atoms with Gasteiger partial charge in [-0.3, -0.25) is 9.59 Å². The molecule has 84 valence electrons. The van der Waals surface area contributed by atoms with Crippen LogP contribution in [0.15, 0.2) is 11.8 Å². The van der Waals surface area contributed by atoms with E-state index >= 15 is 0 Å². The van der Waals surface area contributed by atoms with Crippen LogP contribution in [0, 0.1) is 5.41 Å². The zero-order chi connectivity index (χ0) is 11.6. The Morgan fingerprint density at radius 2 is 1.93 bits per heavy atom. The molecule has 1 aliphatic heterocycles. The highest BCUT2D eigenvalue weighted by molar-refractivity contribution is 6.09. The topological polar surface area (TPSA) is 37.4 Å². The number of rotatable bonds is 2. The Morgan fingerprint density at radius 1 is 1.33 bits per heavy atom. The van der Waals surface area contributed by atoms with Crippen molar-refractivity contribution < 1.29 is 9.59 Å². The van der Waals surface area contributed by atoms with Gasteiger partial charge in [0.25, 0.3) is 0 Å². The molecule has 0 aromatic heterocycles. The normalized spacial score (nSPS) is 18.1. The molecular weight excluding hydrogens is 190 g/mol. The number of allylic oxidation sites excluding steroid dienone is 1. The third kappa shape index (κ3) is 3.50. The van der Waals surface area contributed by atoms with E-state index in [1.54, 1.807) is 18.0 Å². The Morgan fingerprint density at radius 3 is 2.47 bits per heavy atom. The van der Waals surface area contributed by atoms with Crippen molar-refractivity contribution in [3.05, 3.63) is 11.8 Å². The number of amides is 1. The van der Waals surface area contributed by atoms with Crippen molar-refractivity contribution in [2.24, 2.45) is 5.41 Å². The van der Waals surface area contributed by atoms with Crippen molar-refractivity contribution in [3.63, 3.8) is 0 Å². The van der Waals surface area contributed by atoms with Crippen LogP contribution >= 0.6 is 0 Å². The molecule has 0 fully saturated rings. The Hall–Kier alpha value is -1.12. The second-order valence-corrected chi connectivity index (χ2v) is 5.31. The lowest BCUT2D eigenvalue weighted by Crippen LogP contribution is -2.34. The zero-order valence-corrected chi connectivity index (χ0v) is 9.96. The number of hydrogen-bond donors (Lipinski definition) is 0. The molecule has 1 heterocycles. The van der Waals surface area contributed by atoms with Crippen LogP contribution in [0.4, 0.5) is 0 Å². The van der Waals surface area contributed by atoms with Crippen LogP contribution in [0.3, 0.4) is 0 Å². The van der Waals surface area contributed by atoms with E-state index in [1.165, 1.54) is 0 Å². The quantitative estimate of drug-likeness (QED) is 0.653. The van der Waals surface area contributed by atoms with Crippen molar-refractivity contribution in [1.82, 2.24) is 4.90 Å². The molecule has 0 radical (unpaired) electrons. The largest absolute Gasteiger partial charge is 0.318 e. The molecule has 0 aromatic rings. The Labute approximate surface area is 91.1 Å². The Balaban J connectivity index is 2.63. The van der Waals surface area contributed by atoms with E-state index in [0.29, 0.717) is 12.1 Å². The summed E-state index contributed by atoms with van der Waals surface area (Å²) < 4.78 is 0. The SMILES string of the molecule is CC1=CN(CCC(C)(C)C)C(=O)CC1=O. The van der Waals surface area contributed by atoms with Gasteiger partial charge in [0.2, 0.25) is 5.91 Å². The summed E-state index contributed by atoms with van der Waals surface area (Å²) in [6, 6.07) is 0. The molecule has 0 aliphatic carbocycles. The van der Waals surface area contributed by atoms with Crippen molar-refractivity contribution >= 4 is 11.7 Å². The fourth-order valence-corrected chi connectivity index (χ4v) is 1.40. The van der Waals surface area contributed by atoms with Crippen LogP contribution in [0.25, 0.3) is 0 Å². The zero-order valence-electron chi connectivity index (χ0n) is 9.96. The number of hydrogen-bond acceptors (Lipinski definition) is 2. The fourth-order valence-electron chi connectivity index (χ4n) is 1.40. The second-order valence-electron chi connectivity index (χ2n) is 5.31. The summed E-state index contributed by atoms with van der Waals surface area (Å²) in [5.74, 6) is -0.123. The van der Waals surface area contributed by atoms with Crippen LogP contribution in [-0.4, -0.2) is 23.1 Å². The average molecular weight is 209 g/mol. The third-order valence-corrected chi connectivity index (χ3v) is 2.52. The van der Waals surface area contributed by atoms with E-state index in [4.69, 9.17) is 0 Å². The molecule has 3 nitrogen and oxygen atoms in total. The first kappa shape index (κ1) is 12.0. The van der Waals surface area contributed by atoms with Gasteiger partial charge >= 0.3 is 0 Å². The minimum atomic E-state index is -0.0742. The highest BCUT2D eigenvalue weighted by atomic mass is 16.2. The summed E-state index contributed by atoms with van der Waals surface area (Å²) in [6.45, 7) is 8.89. The lowest BCUT2D eigenvalue weighted by atomic mass is 9.92. The molecule has 0 aromatic carbocycles. The number of ketones is 1. The minimum absolute atomic E-state index is 0.0342. The van der Waals surface area contributed by atoms with Gasteiger partial charge in [-0.05, 0) is 18.8 Å². The predicted molar refractivity (Wildman–Crippen MR) is 59.2 cm³/mol. The maximum atomic E-state index is 11.5. The molecular formula is C12H19NO2. The lowest BCUT2D eigenvalue weighted by Gasteiger charge is -2.27. The standard InChI is InChI=1S/C12H19NO2/c1-9-8-13(6-5-12(2,3)4)11(15)7-10(9)14/h8H,5-7H2,1-4H3. The lowest BCUT2D eigenvalue weighted by molar-refractivity contribution is -0.133. The van der Waals surface area contributed by atoms with Gasteiger partial charge in [0.05, 0.1) is 6.42 Å². The van der Waals surface area contributed by atoms with Gasteiger partial charge < -0.3 is 4.90 Å². The Kier molecular flexibility index (Phi) is 3.32. The van der Waals surface area contributed by atoms with E-state index in [0.717, 1.165) is 6.42 Å². The molecule has 0 bridgehead atoms. The van der Waals surface area contributed by atoms with Crippen LogP contribution in [0.2, 0.25) is 0 Å². The van der Waals surface area contributed by atoms with E-state index in [-0.39, 0.29) is 23.5 Å². The van der Waals surface area contributed by atoms with E-state index in [9.17, 15) is 9.59 Å². The van der Waals surface area contributed by atoms with Crippen molar-refractivity contribution in [2.75, 3.05) is 6.54 Å². The van der Waals surface area contributed by atoms with Crippen LogP contribution in [0.5, 0.6) is 0 Å². The van der Waals surface area contributed by atoms with Gasteiger partial charge in [-0.15, -0.1) is 0 Å². The summed E-state index contributed by atoms with van der Waals surface area (Å²) in [4.78, 5) is 24.4. The monoisotopic (exact) mass is 209 g/mol. The highest BCUT2D eigenvalue weighted by Gasteiger charge is 2.24. The van der Waals surface area contributed by atoms with Gasteiger partial charge in [-0.2, -0.15) is 0 Å². The molecule has 0 atom stereocenters. The third-order valence-electron chi connectivity index (χ3n) is 2.52. The summed E-state index contributed by atoms with van der Waals surface area (Å²) in [6.07, 6.45) is 2.66. The van der Waals surface area contributed by atoms with E-state index in [2.05, 4.69) is 20.8 Å². The van der Waals surface area contributed by atoms with E-state index in [1.807, 2.05) is 0 Å². The van der Waals surface area contributed by atoms with Crippen molar-refractivity contribution in [1.29, 1.82) is 0 Å². The smallest absolute Gasteiger partial charge is 0.234 e. The van der Waals surface area contributed by atoms with Crippen molar-refractivity contribution in [2.45, 2.75) is 40.5 Å². The van der Waals surface area contributed by atoms with Crippen LogP contribution in [-0.2, 0) is 9.59 Å². The predicted octanol–water partition coefficient (Wildman–Crippen LogP) is 2.13. The maximum Gasteiger partial charge on any atom is 0.234 e. The second kappa shape index (κ2) is 4.17. The fraction of sp³-hybridized carbons (Fsp3) is 0.667. The van der Waals surface area contributed by atoms with E-state index < -0.39 is 0 Å². The van der Waals surface area contributed by atoms with Crippen LogP contribution in [0.1, 0.15) is 40.5 Å². The number of carbonyl (C=O) groups is 2. The van der Waals surface area contributed by atoms with Gasteiger partial charge in [-0.1, -0.05) is 20.8 Å². The maximum absolute atomic E-state index is 11.5. The summed E-state index contributed by atoms with van der Waals surface area (Å²) in [5.41, 5.74) is 0.896. The van der Waals surface area contributed by atoms with Gasteiger partial charge in [0.15, 0.2) is 5.78 Å². The molecule has 0 unspecified atom stereocenters. The Bertz CT molecular complexity index is 310. The first-order valence-electron chi connectivity index (χ1n) is 5.31. The summed E-state index contributed by atoms with van der Waals surface area (Å²) in [5, 5.41) is 0. The molecule has 0 saturated carbocycles. The van der Waals surface area contributed by atoms with Gasteiger partial charge in [-0.25, -0.2) is 0 Å².